The van der Waals surface area contributed by atoms with Gasteiger partial charge in [-0.05, 0) is 30.0 Å². The van der Waals surface area contributed by atoms with Crippen LogP contribution in [0.2, 0.25) is 0 Å². The molecule has 5 nitrogen and oxygen atoms in total. The van der Waals surface area contributed by atoms with Crippen LogP contribution in [0.3, 0.4) is 0 Å². The van der Waals surface area contributed by atoms with Crippen LogP contribution >= 0.6 is 11.3 Å². The van der Waals surface area contributed by atoms with Gasteiger partial charge in [-0.3, -0.25) is 0 Å². The van der Waals surface area contributed by atoms with Crippen LogP contribution in [-0.4, -0.2) is 13.4 Å². The first-order valence-electron chi connectivity index (χ1n) is 5.43. The Morgan fingerprint density at radius 3 is 2.83 bits per heavy atom. The third-order valence-corrected chi connectivity index (χ3v) is 5.04. The summed E-state index contributed by atoms with van der Waals surface area (Å²) in [6.45, 7) is 2.57. The Morgan fingerprint density at radius 2 is 2.28 bits per heavy atom. The Hall–Kier alpha value is -1.15. The standard InChI is InChI=1S/C11H15N3O2S2/c1-8-2-3-17-11(8)7-14-18(15,16)10-4-9(5-12)13-6-10/h2-4,6,13-14H,5,7,12H2,1H3. The van der Waals surface area contributed by atoms with Gasteiger partial charge >= 0.3 is 0 Å². The maximum absolute atomic E-state index is 12.0. The highest BCUT2D eigenvalue weighted by atomic mass is 32.2. The van der Waals surface area contributed by atoms with Crippen molar-refractivity contribution in [3.05, 3.63) is 39.8 Å². The summed E-state index contributed by atoms with van der Waals surface area (Å²) in [5, 5.41) is 1.95. The molecule has 18 heavy (non-hydrogen) atoms. The highest BCUT2D eigenvalue weighted by Crippen LogP contribution is 2.17. The van der Waals surface area contributed by atoms with Crippen LogP contribution in [0.1, 0.15) is 16.1 Å². The summed E-state index contributed by atoms with van der Waals surface area (Å²) in [5.74, 6) is 0. The van der Waals surface area contributed by atoms with Crippen molar-refractivity contribution in [2.45, 2.75) is 24.9 Å². The molecule has 2 heterocycles. The maximum atomic E-state index is 12.0. The molecule has 7 heteroatoms. The van der Waals surface area contributed by atoms with Crippen LogP contribution < -0.4 is 10.5 Å². The van der Waals surface area contributed by atoms with Crippen LogP contribution in [0.25, 0.3) is 0 Å². The molecule has 0 aliphatic heterocycles. The van der Waals surface area contributed by atoms with Crippen LogP contribution in [0.15, 0.2) is 28.6 Å². The number of sulfonamides is 1. The van der Waals surface area contributed by atoms with Crippen molar-refractivity contribution < 1.29 is 8.42 Å². The second-order valence-electron chi connectivity index (χ2n) is 3.92. The number of nitrogens with one attached hydrogen (secondary N) is 2. The minimum Gasteiger partial charge on any atom is -0.363 e. The fourth-order valence-electron chi connectivity index (χ4n) is 1.52. The van der Waals surface area contributed by atoms with Gasteiger partial charge in [-0.2, -0.15) is 0 Å². The number of aromatic nitrogens is 1. The van der Waals surface area contributed by atoms with Crippen LogP contribution in [0.4, 0.5) is 0 Å². The van der Waals surface area contributed by atoms with Crippen LogP contribution in [0.5, 0.6) is 0 Å². The number of nitrogens with two attached hydrogens (primary N) is 1. The van der Waals surface area contributed by atoms with Gasteiger partial charge in [0.05, 0.1) is 4.90 Å². The summed E-state index contributed by atoms with van der Waals surface area (Å²) in [5.41, 5.74) is 7.23. The number of hydrogen-bond acceptors (Lipinski definition) is 4. The quantitative estimate of drug-likeness (QED) is 0.774. The number of aromatic amines is 1. The van der Waals surface area contributed by atoms with E-state index in [1.807, 2.05) is 18.4 Å². The molecule has 2 aromatic heterocycles. The molecule has 2 aromatic rings. The first kappa shape index (κ1) is 13.3. The van der Waals surface area contributed by atoms with Crippen molar-refractivity contribution in [3.8, 4) is 0 Å². The number of hydrogen-bond donors (Lipinski definition) is 3. The average molecular weight is 285 g/mol. The summed E-state index contributed by atoms with van der Waals surface area (Å²) in [4.78, 5) is 4.07. The van der Waals surface area contributed by atoms with E-state index in [4.69, 9.17) is 5.73 Å². The lowest BCUT2D eigenvalue weighted by molar-refractivity contribution is 0.582. The lowest BCUT2D eigenvalue weighted by Gasteiger charge is -2.04. The van der Waals surface area contributed by atoms with E-state index in [9.17, 15) is 8.42 Å². The second-order valence-corrected chi connectivity index (χ2v) is 6.68. The Kier molecular flexibility index (Phi) is 3.86. The first-order chi connectivity index (χ1) is 8.53. The molecule has 0 saturated heterocycles. The van der Waals surface area contributed by atoms with Crippen LogP contribution in [-0.2, 0) is 23.1 Å². The van der Waals surface area contributed by atoms with E-state index >= 15 is 0 Å². The van der Waals surface area contributed by atoms with Gasteiger partial charge in [-0.15, -0.1) is 11.3 Å². The van der Waals surface area contributed by atoms with Crippen molar-refractivity contribution in [2.75, 3.05) is 0 Å². The van der Waals surface area contributed by atoms with Gasteiger partial charge < -0.3 is 10.7 Å². The lowest BCUT2D eigenvalue weighted by atomic mass is 10.3. The Morgan fingerprint density at radius 1 is 1.50 bits per heavy atom. The molecule has 0 amide bonds. The van der Waals surface area contributed by atoms with Crippen molar-refractivity contribution in [1.29, 1.82) is 0 Å². The van der Waals surface area contributed by atoms with Gasteiger partial charge in [-0.1, -0.05) is 0 Å². The monoisotopic (exact) mass is 285 g/mol. The predicted molar refractivity (Wildman–Crippen MR) is 71.8 cm³/mol. The summed E-state index contributed by atoms with van der Waals surface area (Å²) < 4.78 is 26.6. The first-order valence-corrected chi connectivity index (χ1v) is 7.79. The third-order valence-electron chi connectivity index (χ3n) is 2.64. The van der Waals surface area contributed by atoms with E-state index < -0.39 is 10.0 Å². The Bertz CT molecular complexity index is 628. The van der Waals surface area contributed by atoms with Crippen molar-refractivity contribution in [2.24, 2.45) is 5.73 Å². The summed E-state index contributed by atoms with van der Waals surface area (Å²) in [7, 11) is -3.47. The van der Waals surface area contributed by atoms with E-state index in [1.54, 1.807) is 17.4 Å². The fraction of sp³-hybridized carbons (Fsp3) is 0.273. The van der Waals surface area contributed by atoms with Gasteiger partial charge in [0.2, 0.25) is 10.0 Å². The van der Waals surface area contributed by atoms with Crippen molar-refractivity contribution >= 4 is 21.4 Å². The molecule has 0 aliphatic carbocycles. The zero-order chi connectivity index (χ0) is 13.2. The van der Waals surface area contributed by atoms with E-state index in [2.05, 4.69) is 9.71 Å². The molecule has 0 aliphatic rings. The molecule has 0 atom stereocenters. The zero-order valence-electron chi connectivity index (χ0n) is 9.93. The molecule has 0 unspecified atom stereocenters. The van der Waals surface area contributed by atoms with Gasteiger partial charge in [0.1, 0.15) is 0 Å². The normalized spacial score (nSPS) is 11.9. The van der Waals surface area contributed by atoms with Crippen LogP contribution in [0, 0.1) is 6.92 Å². The third kappa shape index (κ3) is 2.81. The summed E-state index contributed by atoms with van der Waals surface area (Å²) in [6.07, 6.45) is 1.45. The van der Waals surface area contributed by atoms with E-state index in [0.717, 1.165) is 10.4 Å². The largest absolute Gasteiger partial charge is 0.363 e. The van der Waals surface area contributed by atoms with Gasteiger partial charge in [0, 0.05) is 29.9 Å². The van der Waals surface area contributed by atoms with Gasteiger partial charge in [0.15, 0.2) is 0 Å². The van der Waals surface area contributed by atoms with Crippen molar-refractivity contribution in [3.63, 3.8) is 0 Å². The molecular formula is C11H15N3O2S2. The molecule has 0 radical (unpaired) electrons. The zero-order valence-corrected chi connectivity index (χ0v) is 11.6. The average Bonchev–Trinajstić information content (AvgIpc) is 2.95. The minimum absolute atomic E-state index is 0.220. The molecule has 0 aromatic carbocycles. The topological polar surface area (TPSA) is 88.0 Å². The number of aryl methyl sites for hydroxylation is 1. The number of thiophene rings is 1. The smallest absolute Gasteiger partial charge is 0.242 e. The Balaban J connectivity index is 2.10. The van der Waals surface area contributed by atoms with Gasteiger partial charge in [-0.25, -0.2) is 13.1 Å². The van der Waals surface area contributed by atoms with Crippen molar-refractivity contribution in [1.82, 2.24) is 9.71 Å². The number of H-pyrrole nitrogens is 1. The molecule has 0 spiro atoms. The van der Waals surface area contributed by atoms with E-state index in [-0.39, 0.29) is 4.90 Å². The molecule has 4 N–H and O–H groups in total. The van der Waals surface area contributed by atoms with E-state index in [1.165, 1.54) is 6.20 Å². The highest BCUT2D eigenvalue weighted by molar-refractivity contribution is 7.89. The maximum Gasteiger partial charge on any atom is 0.242 e. The summed E-state index contributed by atoms with van der Waals surface area (Å²) >= 11 is 1.54. The fourth-order valence-corrected chi connectivity index (χ4v) is 3.47. The highest BCUT2D eigenvalue weighted by Gasteiger charge is 2.16. The Labute approximate surface area is 110 Å². The summed E-state index contributed by atoms with van der Waals surface area (Å²) in [6, 6.07) is 3.51. The second kappa shape index (κ2) is 5.23. The SMILES string of the molecule is Cc1ccsc1CNS(=O)(=O)c1c[nH]c(CN)c1. The minimum atomic E-state index is -3.47. The number of rotatable bonds is 5. The molecule has 0 fully saturated rings. The molecule has 0 saturated carbocycles. The molecule has 2 rings (SSSR count). The van der Waals surface area contributed by atoms with E-state index in [0.29, 0.717) is 18.8 Å². The molecule has 98 valence electrons. The molecule has 0 bridgehead atoms. The molecular weight excluding hydrogens is 270 g/mol. The lowest BCUT2D eigenvalue weighted by Crippen LogP contribution is -2.22. The predicted octanol–water partition coefficient (Wildman–Crippen LogP) is 1.32. The van der Waals surface area contributed by atoms with Gasteiger partial charge in [0.25, 0.3) is 0 Å².